The number of rotatable bonds is 16. The second-order valence-electron chi connectivity index (χ2n) is 12.0. The van der Waals surface area contributed by atoms with Gasteiger partial charge in [0.1, 0.15) is 0 Å². The number of aliphatic hydroxyl groups excluding tert-OH is 1. The van der Waals surface area contributed by atoms with E-state index in [1.807, 2.05) is 26.0 Å². The Balaban J connectivity index is 2.49. The Labute approximate surface area is 235 Å². The Morgan fingerprint density at radius 1 is 0.974 bits per heavy atom. The van der Waals surface area contributed by atoms with Gasteiger partial charge < -0.3 is 19.0 Å². The first-order valence-corrected chi connectivity index (χ1v) is 16.8. The van der Waals surface area contributed by atoms with Crippen LogP contribution in [0.5, 0.6) is 0 Å². The third-order valence-corrected chi connectivity index (χ3v) is 13.6. The molecule has 1 saturated heterocycles. The van der Waals surface area contributed by atoms with Crippen molar-refractivity contribution in [2.45, 2.75) is 148 Å². The van der Waals surface area contributed by atoms with Gasteiger partial charge in [0, 0.05) is 18.9 Å². The van der Waals surface area contributed by atoms with E-state index >= 15 is 0 Å². The van der Waals surface area contributed by atoms with Crippen molar-refractivity contribution in [2.24, 2.45) is 0 Å². The van der Waals surface area contributed by atoms with Crippen LogP contribution < -0.4 is 0 Å². The number of ether oxygens (including phenoxy) is 2. The highest BCUT2D eigenvalue weighted by Crippen LogP contribution is 2.43. The topological polar surface area (TPSA) is 47.9 Å². The first-order chi connectivity index (χ1) is 17.8. The third kappa shape index (κ3) is 12.2. The first-order valence-electron chi connectivity index (χ1n) is 14.7. The maximum absolute atomic E-state index is 9.65. The van der Waals surface area contributed by atoms with Crippen LogP contribution >= 0.6 is 0 Å². The largest absolute Gasteiger partial charge is 0.413 e. The minimum atomic E-state index is -1.81. The van der Waals surface area contributed by atoms with E-state index in [4.69, 9.17) is 20.3 Å². The lowest BCUT2D eigenvalue weighted by Crippen LogP contribution is -2.49. The van der Waals surface area contributed by atoms with Gasteiger partial charge in [-0.15, -0.1) is 12.3 Å². The highest BCUT2D eigenvalue weighted by Gasteiger charge is 2.45. The summed E-state index contributed by atoms with van der Waals surface area (Å²) in [5, 5.41) is 9.65. The third-order valence-electron chi connectivity index (χ3n) is 7.35. The number of unbranched alkanes of at least 4 members (excludes halogenated alkanes) is 1. The molecule has 1 aliphatic heterocycles. The van der Waals surface area contributed by atoms with Gasteiger partial charge in [0.25, 0.3) is 0 Å². The van der Waals surface area contributed by atoms with Gasteiger partial charge in [-0.3, -0.25) is 0 Å². The predicted molar refractivity (Wildman–Crippen MR) is 165 cm³/mol. The van der Waals surface area contributed by atoms with Crippen molar-refractivity contribution in [1.82, 2.24) is 0 Å². The molecule has 5 heteroatoms. The van der Waals surface area contributed by atoms with E-state index in [1.165, 1.54) is 0 Å². The van der Waals surface area contributed by atoms with E-state index in [2.05, 4.69) is 84.8 Å². The predicted octanol–water partition coefficient (Wildman–Crippen LogP) is 8.65. The van der Waals surface area contributed by atoms with Gasteiger partial charge in [0.2, 0.25) is 8.32 Å². The smallest absolute Gasteiger partial charge is 0.200 e. The molecule has 0 spiro atoms. The van der Waals surface area contributed by atoms with Crippen LogP contribution in [-0.4, -0.2) is 43.6 Å². The molecule has 1 aliphatic rings. The maximum Gasteiger partial charge on any atom is 0.200 e. The fourth-order valence-corrected chi connectivity index (χ4v) is 11.4. The fourth-order valence-electron chi connectivity index (χ4n) is 5.80. The van der Waals surface area contributed by atoms with Gasteiger partial charge in [-0.25, -0.2) is 0 Å². The van der Waals surface area contributed by atoms with Crippen LogP contribution in [0, 0.1) is 12.3 Å². The van der Waals surface area contributed by atoms with Gasteiger partial charge in [-0.2, -0.15) is 0 Å². The summed E-state index contributed by atoms with van der Waals surface area (Å²) in [6.45, 7) is 20.3. The zero-order valence-electron chi connectivity index (χ0n) is 25.7. The number of terminal acetylenes is 1. The lowest BCUT2D eigenvalue weighted by molar-refractivity contribution is -0.289. The monoisotopic (exact) mass is 544 g/mol. The number of hydrogen-bond acceptors (Lipinski definition) is 4. The highest BCUT2D eigenvalue weighted by atomic mass is 28.4. The molecule has 0 amide bonds. The van der Waals surface area contributed by atoms with Crippen molar-refractivity contribution in [3.8, 4) is 12.3 Å². The van der Waals surface area contributed by atoms with Gasteiger partial charge in [-0.05, 0) is 63.1 Å². The number of aliphatic hydroxyl groups is 1. The molecule has 1 rings (SSSR count). The minimum Gasteiger partial charge on any atom is -0.413 e. The quantitative estimate of drug-likeness (QED) is 0.0914. The Kier molecular flexibility index (Phi) is 15.8. The molecule has 0 radical (unpaired) electrons. The number of allylic oxidation sites excluding steroid dienone is 5. The van der Waals surface area contributed by atoms with Gasteiger partial charge in [0.05, 0.1) is 18.3 Å². The molecule has 1 fully saturated rings. The second-order valence-corrected chi connectivity index (χ2v) is 17.5. The zero-order chi connectivity index (χ0) is 28.8. The van der Waals surface area contributed by atoms with Crippen LogP contribution in [0.15, 0.2) is 48.6 Å². The summed E-state index contributed by atoms with van der Waals surface area (Å²) in [5.74, 6) is 1.83. The average molecular weight is 545 g/mol. The Morgan fingerprint density at radius 3 is 2.21 bits per heavy atom. The molecular weight excluding hydrogens is 488 g/mol. The molecule has 216 valence electrons. The van der Waals surface area contributed by atoms with Crippen molar-refractivity contribution in [3.63, 3.8) is 0 Å². The van der Waals surface area contributed by atoms with E-state index in [0.29, 0.717) is 29.1 Å². The molecule has 4 atom stereocenters. The molecule has 1 heterocycles. The van der Waals surface area contributed by atoms with E-state index in [1.54, 1.807) is 6.08 Å². The van der Waals surface area contributed by atoms with E-state index in [0.717, 1.165) is 32.1 Å². The summed E-state index contributed by atoms with van der Waals surface area (Å²) < 4.78 is 19.1. The van der Waals surface area contributed by atoms with E-state index in [-0.39, 0.29) is 12.2 Å². The SMILES string of the molecule is C#CC[C@H](O)/C=C/C=C\C[C@H]1C[C@H](/C=C/C=C/CCC[C@@H](C)O[Si](C(C)C)(C(C)C)C(C)C)OC(C)(C)O1. The second kappa shape index (κ2) is 17.3. The highest BCUT2D eigenvalue weighted by molar-refractivity contribution is 6.77. The molecular formula is C33H56O4Si. The average Bonchev–Trinajstić information content (AvgIpc) is 2.80. The summed E-state index contributed by atoms with van der Waals surface area (Å²) in [6, 6.07) is 0. The minimum absolute atomic E-state index is 0.0180. The molecule has 38 heavy (non-hydrogen) atoms. The van der Waals surface area contributed by atoms with Crippen LogP contribution in [0.25, 0.3) is 0 Å². The van der Waals surface area contributed by atoms with Gasteiger partial charge in [-0.1, -0.05) is 90.2 Å². The van der Waals surface area contributed by atoms with Crippen LogP contribution in [0.4, 0.5) is 0 Å². The molecule has 0 aromatic carbocycles. The molecule has 0 aromatic rings. The van der Waals surface area contributed by atoms with E-state index < -0.39 is 20.2 Å². The van der Waals surface area contributed by atoms with Gasteiger partial charge >= 0.3 is 0 Å². The van der Waals surface area contributed by atoms with Gasteiger partial charge in [0.15, 0.2) is 5.79 Å². The summed E-state index contributed by atoms with van der Waals surface area (Å²) in [5.41, 5.74) is 1.87. The van der Waals surface area contributed by atoms with E-state index in [9.17, 15) is 5.11 Å². The Morgan fingerprint density at radius 2 is 1.61 bits per heavy atom. The van der Waals surface area contributed by atoms with Crippen molar-refractivity contribution in [3.05, 3.63) is 48.6 Å². The molecule has 0 aliphatic carbocycles. The van der Waals surface area contributed by atoms with Crippen LogP contribution in [0.2, 0.25) is 16.6 Å². The maximum atomic E-state index is 9.65. The molecule has 0 saturated carbocycles. The van der Waals surface area contributed by atoms with Crippen LogP contribution in [0.1, 0.15) is 101 Å². The Hall–Kier alpha value is -1.42. The fraction of sp³-hybridized carbons (Fsp3) is 0.697. The summed E-state index contributed by atoms with van der Waals surface area (Å²) >= 11 is 0. The molecule has 0 unspecified atom stereocenters. The van der Waals surface area contributed by atoms with Crippen LogP contribution in [0.3, 0.4) is 0 Å². The molecule has 0 bridgehead atoms. The van der Waals surface area contributed by atoms with Crippen molar-refractivity contribution >= 4 is 8.32 Å². The lowest BCUT2D eigenvalue weighted by atomic mass is 10.0. The summed E-state index contributed by atoms with van der Waals surface area (Å²) in [4.78, 5) is 0. The Bertz CT molecular complexity index is 794. The first kappa shape index (κ1) is 34.6. The standard InChI is InChI=1S/C33H56O4Si/c1-11-20-30(34)22-17-15-19-24-32-25-31(35-33(9,10)36-32)23-18-14-12-13-16-21-29(8)37-38(26(2)3,27(4)5)28(6)7/h1,12,14-15,17-19,22-23,26-32,34H,13,16,20-21,24-25H2,2-10H3/b14-12+,19-15-,22-17+,23-18+/t29-,30+,31+,32+/m1/s1. The molecule has 0 aromatic heterocycles. The molecule has 1 N–H and O–H groups in total. The van der Waals surface area contributed by atoms with Crippen molar-refractivity contribution < 1.29 is 19.0 Å². The lowest BCUT2D eigenvalue weighted by Gasteiger charge is -2.44. The molecule has 4 nitrogen and oxygen atoms in total. The van der Waals surface area contributed by atoms with Crippen LogP contribution in [-0.2, 0) is 13.9 Å². The normalized spacial score (nSPS) is 22.5. The zero-order valence-corrected chi connectivity index (χ0v) is 26.7. The van der Waals surface area contributed by atoms with Crippen molar-refractivity contribution in [2.75, 3.05) is 0 Å². The number of hydrogen-bond donors (Lipinski definition) is 1. The summed E-state index contributed by atoms with van der Waals surface area (Å²) in [6.07, 6.45) is 26.4. The summed E-state index contributed by atoms with van der Waals surface area (Å²) in [7, 11) is -1.81. The van der Waals surface area contributed by atoms with Crippen molar-refractivity contribution in [1.29, 1.82) is 0 Å².